The Morgan fingerprint density at radius 2 is 2.00 bits per heavy atom. The van der Waals surface area contributed by atoms with E-state index in [-0.39, 0.29) is 17.1 Å². The molecule has 0 unspecified atom stereocenters. The van der Waals surface area contributed by atoms with E-state index in [1.807, 2.05) is 0 Å². The summed E-state index contributed by atoms with van der Waals surface area (Å²) < 4.78 is 0. The van der Waals surface area contributed by atoms with Crippen molar-refractivity contribution in [3.05, 3.63) is 46.5 Å². The van der Waals surface area contributed by atoms with Gasteiger partial charge in [0, 0.05) is 11.6 Å². The summed E-state index contributed by atoms with van der Waals surface area (Å²) in [6.07, 6.45) is 0. The van der Waals surface area contributed by atoms with Crippen LogP contribution in [0.15, 0.2) is 35.1 Å². The van der Waals surface area contributed by atoms with Crippen LogP contribution in [0.2, 0.25) is 0 Å². The Labute approximate surface area is 90.6 Å². The van der Waals surface area contributed by atoms with Gasteiger partial charge in [0.05, 0.1) is 5.69 Å². The molecule has 0 aliphatic rings. The van der Waals surface area contributed by atoms with Crippen LogP contribution in [0.25, 0.3) is 11.3 Å². The molecule has 16 heavy (non-hydrogen) atoms. The first-order chi connectivity index (χ1) is 7.69. The molecule has 1 aromatic heterocycles. The van der Waals surface area contributed by atoms with Gasteiger partial charge in [0.1, 0.15) is 11.8 Å². The van der Waals surface area contributed by atoms with Crippen LogP contribution < -0.4 is 5.56 Å². The van der Waals surface area contributed by atoms with E-state index < -0.39 is 0 Å². The van der Waals surface area contributed by atoms with Gasteiger partial charge in [0.25, 0.3) is 5.56 Å². The Hall–Kier alpha value is -2.61. The van der Waals surface area contributed by atoms with Gasteiger partial charge < -0.3 is 5.11 Å². The fourth-order valence-corrected chi connectivity index (χ4v) is 1.29. The minimum absolute atomic E-state index is 0.0319. The number of nitrogens with one attached hydrogen (secondary N) is 1. The van der Waals surface area contributed by atoms with Gasteiger partial charge in [0.15, 0.2) is 0 Å². The molecule has 5 heteroatoms. The van der Waals surface area contributed by atoms with Crippen LogP contribution in [0.5, 0.6) is 5.75 Å². The average molecular weight is 213 g/mol. The highest BCUT2D eigenvalue weighted by Gasteiger charge is 2.03. The molecule has 0 aliphatic carbocycles. The molecule has 2 aromatic rings. The third kappa shape index (κ3) is 1.91. The minimum Gasteiger partial charge on any atom is -0.508 e. The number of aromatic nitrogens is 2. The molecule has 0 spiro atoms. The maximum Gasteiger partial charge on any atom is 0.252 e. The summed E-state index contributed by atoms with van der Waals surface area (Å²) in [6.45, 7) is 0. The molecular weight excluding hydrogens is 206 g/mol. The number of aromatic amines is 1. The SMILES string of the molecule is N#Cc1nc(-c2ccc(O)cc2)cc(=O)[nH]1. The monoisotopic (exact) mass is 213 g/mol. The van der Waals surface area contributed by atoms with Crippen molar-refractivity contribution >= 4 is 0 Å². The normalized spacial score (nSPS) is 9.69. The highest BCUT2D eigenvalue weighted by Crippen LogP contribution is 2.18. The first kappa shape index (κ1) is 9.93. The van der Waals surface area contributed by atoms with Crippen LogP contribution in [0.1, 0.15) is 5.82 Å². The van der Waals surface area contributed by atoms with Gasteiger partial charge in [-0.3, -0.25) is 9.78 Å². The number of rotatable bonds is 1. The number of nitriles is 1. The zero-order chi connectivity index (χ0) is 11.5. The maximum absolute atomic E-state index is 11.2. The molecule has 1 heterocycles. The number of hydrogen-bond donors (Lipinski definition) is 2. The van der Waals surface area contributed by atoms with Crippen molar-refractivity contribution in [2.45, 2.75) is 0 Å². The zero-order valence-electron chi connectivity index (χ0n) is 8.14. The lowest BCUT2D eigenvalue weighted by atomic mass is 10.1. The Kier molecular flexibility index (Phi) is 2.40. The van der Waals surface area contributed by atoms with E-state index in [1.165, 1.54) is 18.2 Å². The molecule has 0 saturated heterocycles. The Balaban J connectivity index is 2.56. The summed E-state index contributed by atoms with van der Waals surface area (Å²) >= 11 is 0. The highest BCUT2D eigenvalue weighted by atomic mass is 16.3. The van der Waals surface area contributed by atoms with Crippen molar-refractivity contribution in [3.8, 4) is 23.1 Å². The Morgan fingerprint density at radius 3 is 2.62 bits per heavy atom. The quantitative estimate of drug-likeness (QED) is 0.739. The first-order valence-electron chi connectivity index (χ1n) is 4.50. The fraction of sp³-hybridized carbons (Fsp3) is 0. The smallest absolute Gasteiger partial charge is 0.252 e. The topological polar surface area (TPSA) is 89.8 Å². The number of phenols is 1. The predicted molar refractivity (Wildman–Crippen MR) is 56.7 cm³/mol. The summed E-state index contributed by atoms with van der Waals surface area (Å²) in [5, 5.41) is 17.8. The summed E-state index contributed by atoms with van der Waals surface area (Å²) in [4.78, 5) is 17.5. The van der Waals surface area contributed by atoms with Crippen LogP contribution in [0, 0.1) is 11.3 Å². The van der Waals surface area contributed by atoms with Gasteiger partial charge in [-0.15, -0.1) is 0 Å². The zero-order valence-corrected chi connectivity index (χ0v) is 8.14. The molecule has 0 atom stereocenters. The lowest BCUT2D eigenvalue weighted by Crippen LogP contribution is -2.08. The third-order valence-corrected chi connectivity index (χ3v) is 2.01. The lowest BCUT2D eigenvalue weighted by molar-refractivity contribution is 0.475. The van der Waals surface area contributed by atoms with Crippen LogP contribution >= 0.6 is 0 Å². The predicted octanol–water partition coefficient (Wildman–Crippen LogP) is 1.01. The van der Waals surface area contributed by atoms with Gasteiger partial charge in [0.2, 0.25) is 5.82 Å². The number of benzene rings is 1. The molecule has 0 saturated carbocycles. The van der Waals surface area contributed by atoms with Crippen LogP contribution in [-0.2, 0) is 0 Å². The van der Waals surface area contributed by atoms with Crippen molar-refractivity contribution in [1.29, 1.82) is 5.26 Å². The van der Waals surface area contributed by atoms with Crippen molar-refractivity contribution in [3.63, 3.8) is 0 Å². The second kappa shape index (κ2) is 3.87. The molecule has 5 nitrogen and oxygen atoms in total. The van der Waals surface area contributed by atoms with E-state index in [4.69, 9.17) is 10.4 Å². The summed E-state index contributed by atoms with van der Waals surface area (Å²) in [5.74, 6) is 0.102. The largest absolute Gasteiger partial charge is 0.508 e. The molecule has 0 fully saturated rings. The van der Waals surface area contributed by atoms with E-state index >= 15 is 0 Å². The number of nitrogens with zero attached hydrogens (tertiary/aromatic N) is 2. The van der Waals surface area contributed by atoms with Gasteiger partial charge in [-0.1, -0.05) is 0 Å². The molecule has 0 radical (unpaired) electrons. The van der Waals surface area contributed by atoms with Crippen molar-refractivity contribution < 1.29 is 5.11 Å². The van der Waals surface area contributed by atoms with E-state index in [1.54, 1.807) is 18.2 Å². The molecule has 2 rings (SSSR count). The van der Waals surface area contributed by atoms with Gasteiger partial charge in [-0.05, 0) is 24.3 Å². The lowest BCUT2D eigenvalue weighted by Gasteiger charge is -2.00. The molecule has 0 aliphatic heterocycles. The van der Waals surface area contributed by atoms with Gasteiger partial charge in [-0.25, -0.2) is 4.98 Å². The van der Waals surface area contributed by atoms with Crippen LogP contribution in [-0.4, -0.2) is 15.1 Å². The second-order valence-corrected chi connectivity index (χ2v) is 3.14. The minimum atomic E-state index is -0.380. The summed E-state index contributed by atoms with van der Waals surface area (Å²) in [5.41, 5.74) is 0.690. The van der Waals surface area contributed by atoms with Crippen molar-refractivity contribution in [2.24, 2.45) is 0 Å². The fourth-order valence-electron chi connectivity index (χ4n) is 1.29. The van der Waals surface area contributed by atoms with Crippen LogP contribution in [0.4, 0.5) is 0 Å². The third-order valence-electron chi connectivity index (χ3n) is 2.01. The molecule has 78 valence electrons. The number of aromatic hydroxyl groups is 1. The highest BCUT2D eigenvalue weighted by molar-refractivity contribution is 5.59. The number of hydrogen-bond acceptors (Lipinski definition) is 4. The Bertz CT molecular complexity index is 608. The molecule has 1 aromatic carbocycles. The number of H-pyrrole nitrogens is 1. The van der Waals surface area contributed by atoms with Crippen molar-refractivity contribution in [1.82, 2.24) is 9.97 Å². The van der Waals surface area contributed by atoms with Gasteiger partial charge in [-0.2, -0.15) is 5.26 Å². The van der Waals surface area contributed by atoms with Crippen molar-refractivity contribution in [2.75, 3.05) is 0 Å². The molecule has 0 bridgehead atoms. The van der Waals surface area contributed by atoms with Crippen LogP contribution in [0.3, 0.4) is 0 Å². The maximum atomic E-state index is 11.2. The summed E-state index contributed by atoms with van der Waals surface area (Å²) in [7, 11) is 0. The van der Waals surface area contributed by atoms with Gasteiger partial charge >= 0.3 is 0 Å². The molecular formula is C11H7N3O2. The molecule has 0 amide bonds. The first-order valence-corrected chi connectivity index (χ1v) is 4.50. The second-order valence-electron chi connectivity index (χ2n) is 3.14. The Morgan fingerprint density at radius 1 is 1.31 bits per heavy atom. The number of phenolic OH excluding ortho intramolecular Hbond substituents is 1. The van der Waals surface area contributed by atoms with E-state index in [0.29, 0.717) is 11.3 Å². The van der Waals surface area contributed by atoms with E-state index in [9.17, 15) is 4.79 Å². The van der Waals surface area contributed by atoms with E-state index in [0.717, 1.165) is 0 Å². The standard InChI is InChI=1S/C11H7N3O2/c12-6-10-13-9(5-11(16)14-10)7-1-3-8(15)4-2-7/h1-5,15H,(H,13,14,16). The average Bonchev–Trinajstić information content (AvgIpc) is 2.29. The molecule has 2 N–H and O–H groups in total. The summed E-state index contributed by atoms with van der Waals surface area (Å²) in [6, 6.07) is 9.30. The van der Waals surface area contributed by atoms with E-state index in [2.05, 4.69) is 9.97 Å².